The SMILES string of the molecule is CC(=O)Nc1ccc(N2C(=O)C(C)(C)c3cc(C(=O)NC4(C)CS(=O)(=O)C4)ccc32)cc1O. The van der Waals surface area contributed by atoms with Crippen LogP contribution in [0.25, 0.3) is 0 Å². The topological polar surface area (TPSA) is 133 Å². The Kier molecular flexibility index (Phi) is 5.05. The molecular formula is C23H25N3O6S. The van der Waals surface area contributed by atoms with Crippen molar-refractivity contribution in [2.45, 2.75) is 38.6 Å². The van der Waals surface area contributed by atoms with Crippen molar-refractivity contribution in [1.82, 2.24) is 5.32 Å². The average molecular weight is 472 g/mol. The van der Waals surface area contributed by atoms with E-state index in [-0.39, 0.29) is 34.8 Å². The van der Waals surface area contributed by atoms with Gasteiger partial charge in [-0.15, -0.1) is 0 Å². The van der Waals surface area contributed by atoms with Crippen molar-refractivity contribution < 1.29 is 27.9 Å². The Balaban J connectivity index is 1.66. The second-order valence-electron chi connectivity index (χ2n) is 9.43. The largest absolute Gasteiger partial charge is 0.506 e. The van der Waals surface area contributed by atoms with Gasteiger partial charge in [0, 0.05) is 18.6 Å². The Morgan fingerprint density at radius 1 is 1.06 bits per heavy atom. The highest BCUT2D eigenvalue weighted by Gasteiger charge is 2.47. The number of phenolic OH excluding ortho intramolecular Hbond substituents is 1. The number of amides is 3. The van der Waals surface area contributed by atoms with Crippen LogP contribution in [-0.2, 0) is 24.8 Å². The maximum atomic E-state index is 13.3. The maximum absolute atomic E-state index is 13.3. The molecule has 2 aromatic carbocycles. The van der Waals surface area contributed by atoms with E-state index in [9.17, 15) is 27.9 Å². The van der Waals surface area contributed by atoms with E-state index in [2.05, 4.69) is 10.6 Å². The minimum atomic E-state index is -3.11. The summed E-state index contributed by atoms with van der Waals surface area (Å²) in [6.07, 6.45) is 0. The Morgan fingerprint density at radius 2 is 1.73 bits per heavy atom. The summed E-state index contributed by atoms with van der Waals surface area (Å²) >= 11 is 0. The maximum Gasteiger partial charge on any atom is 0.251 e. The van der Waals surface area contributed by atoms with Gasteiger partial charge in [0.1, 0.15) is 5.75 Å². The van der Waals surface area contributed by atoms with Crippen LogP contribution in [0.2, 0.25) is 0 Å². The van der Waals surface area contributed by atoms with Crippen molar-refractivity contribution in [3.8, 4) is 5.75 Å². The van der Waals surface area contributed by atoms with Crippen molar-refractivity contribution >= 4 is 44.6 Å². The van der Waals surface area contributed by atoms with Crippen LogP contribution < -0.4 is 15.5 Å². The Hall–Kier alpha value is -3.40. The Morgan fingerprint density at radius 3 is 2.30 bits per heavy atom. The lowest BCUT2D eigenvalue weighted by atomic mass is 9.85. The van der Waals surface area contributed by atoms with Gasteiger partial charge in [-0.1, -0.05) is 0 Å². The predicted octanol–water partition coefficient (Wildman–Crippen LogP) is 2.22. The number of phenols is 1. The van der Waals surface area contributed by atoms with E-state index in [1.165, 1.54) is 24.0 Å². The molecule has 10 heteroatoms. The molecule has 4 rings (SSSR count). The molecule has 0 radical (unpaired) electrons. The van der Waals surface area contributed by atoms with E-state index >= 15 is 0 Å². The van der Waals surface area contributed by atoms with Crippen molar-refractivity contribution in [3.05, 3.63) is 47.5 Å². The first kappa shape index (κ1) is 22.8. The number of benzene rings is 2. The zero-order chi connectivity index (χ0) is 24.3. The zero-order valence-corrected chi connectivity index (χ0v) is 19.5. The normalized spacial score (nSPS) is 19.4. The van der Waals surface area contributed by atoms with E-state index in [1.54, 1.807) is 45.0 Å². The summed E-state index contributed by atoms with van der Waals surface area (Å²) in [4.78, 5) is 38.9. The Bertz CT molecular complexity index is 1300. The van der Waals surface area contributed by atoms with Gasteiger partial charge in [-0.2, -0.15) is 0 Å². The third-order valence-electron chi connectivity index (χ3n) is 5.95. The molecule has 9 nitrogen and oxygen atoms in total. The van der Waals surface area contributed by atoms with Gasteiger partial charge < -0.3 is 15.7 Å². The molecule has 0 unspecified atom stereocenters. The first-order valence-corrected chi connectivity index (χ1v) is 12.2. The smallest absolute Gasteiger partial charge is 0.251 e. The second kappa shape index (κ2) is 7.31. The molecule has 0 atom stereocenters. The molecule has 2 aromatic rings. The predicted molar refractivity (Wildman–Crippen MR) is 124 cm³/mol. The molecule has 2 aliphatic rings. The highest BCUT2D eigenvalue weighted by atomic mass is 32.2. The number of anilines is 3. The summed E-state index contributed by atoms with van der Waals surface area (Å²) in [5, 5.41) is 15.6. The molecule has 33 heavy (non-hydrogen) atoms. The van der Waals surface area contributed by atoms with Gasteiger partial charge >= 0.3 is 0 Å². The fraction of sp³-hybridized carbons (Fsp3) is 0.348. The van der Waals surface area contributed by atoms with E-state index in [0.29, 0.717) is 22.5 Å². The Labute approximate surface area is 191 Å². The van der Waals surface area contributed by atoms with Gasteiger partial charge in [-0.3, -0.25) is 19.3 Å². The van der Waals surface area contributed by atoms with E-state index in [4.69, 9.17) is 0 Å². The first-order valence-electron chi connectivity index (χ1n) is 10.4. The van der Waals surface area contributed by atoms with Crippen molar-refractivity contribution in [3.63, 3.8) is 0 Å². The van der Waals surface area contributed by atoms with Crippen LogP contribution in [0, 0.1) is 0 Å². The molecule has 0 bridgehead atoms. The molecule has 0 saturated carbocycles. The standard InChI is InChI=1S/C23H25N3O6S/c1-13(27)24-17-7-6-15(10-19(17)28)26-18-8-5-14(9-16(18)22(2,3)21(26)30)20(29)25-23(4)11-33(31,32)12-23/h5-10,28H,11-12H2,1-4H3,(H,24,27)(H,25,29). The number of fused-ring (bicyclic) bond motifs is 1. The van der Waals surface area contributed by atoms with Crippen LogP contribution in [0.15, 0.2) is 36.4 Å². The van der Waals surface area contributed by atoms with Crippen LogP contribution in [0.3, 0.4) is 0 Å². The summed E-state index contributed by atoms with van der Waals surface area (Å²) in [6, 6.07) is 9.41. The lowest BCUT2D eigenvalue weighted by Gasteiger charge is -2.38. The van der Waals surface area contributed by atoms with Crippen LogP contribution in [-0.4, -0.2) is 48.3 Å². The van der Waals surface area contributed by atoms with Gasteiger partial charge in [0.25, 0.3) is 5.91 Å². The molecule has 174 valence electrons. The number of nitrogens with one attached hydrogen (secondary N) is 2. The van der Waals surface area contributed by atoms with Gasteiger partial charge in [0.2, 0.25) is 11.8 Å². The third kappa shape index (κ3) is 3.95. The van der Waals surface area contributed by atoms with Gasteiger partial charge in [0.05, 0.1) is 39.5 Å². The van der Waals surface area contributed by atoms with E-state index in [0.717, 1.165) is 0 Å². The molecule has 1 fully saturated rings. The number of sulfone groups is 1. The van der Waals surface area contributed by atoms with Crippen LogP contribution in [0.5, 0.6) is 5.75 Å². The van der Waals surface area contributed by atoms with Crippen molar-refractivity contribution in [1.29, 1.82) is 0 Å². The number of nitrogens with zero attached hydrogens (tertiary/aromatic N) is 1. The van der Waals surface area contributed by atoms with Gasteiger partial charge in [-0.25, -0.2) is 8.42 Å². The highest BCUT2D eigenvalue weighted by Crippen LogP contribution is 2.46. The number of hydrogen-bond acceptors (Lipinski definition) is 6. The van der Waals surface area contributed by atoms with E-state index in [1.807, 2.05) is 0 Å². The van der Waals surface area contributed by atoms with Gasteiger partial charge in [0.15, 0.2) is 9.84 Å². The minimum absolute atomic E-state index is 0.105. The van der Waals surface area contributed by atoms with Crippen LogP contribution >= 0.6 is 0 Å². The summed E-state index contributed by atoms with van der Waals surface area (Å²) in [7, 11) is -3.11. The molecule has 2 heterocycles. The number of hydrogen-bond donors (Lipinski definition) is 3. The highest BCUT2D eigenvalue weighted by molar-refractivity contribution is 7.93. The molecule has 0 aromatic heterocycles. The molecule has 2 aliphatic heterocycles. The first-order chi connectivity index (χ1) is 15.2. The minimum Gasteiger partial charge on any atom is -0.506 e. The number of carbonyl (C=O) groups is 3. The van der Waals surface area contributed by atoms with Crippen LogP contribution in [0.1, 0.15) is 43.6 Å². The second-order valence-corrected chi connectivity index (χ2v) is 11.5. The number of carbonyl (C=O) groups excluding carboxylic acids is 3. The average Bonchev–Trinajstić information content (AvgIpc) is 2.87. The van der Waals surface area contributed by atoms with Crippen LogP contribution in [0.4, 0.5) is 17.1 Å². The molecule has 3 amide bonds. The zero-order valence-electron chi connectivity index (χ0n) is 18.7. The number of aromatic hydroxyl groups is 1. The lowest BCUT2D eigenvalue weighted by molar-refractivity contribution is -0.121. The number of rotatable bonds is 4. The fourth-order valence-electron chi connectivity index (χ4n) is 4.43. The molecule has 0 spiro atoms. The molecular weight excluding hydrogens is 446 g/mol. The van der Waals surface area contributed by atoms with Crippen molar-refractivity contribution in [2.75, 3.05) is 21.7 Å². The quantitative estimate of drug-likeness (QED) is 0.586. The molecule has 0 aliphatic carbocycles. The molecule has 1 saturated heterocycles. The summed E-state index contributed by atoms with van der Waals surface area (Å²) in [5.74, 6) is -1.37. The lowest BCUT2D eigenvalue weighted by Crippen LogP contribution is -2.63. The fourth-order valence-corrected chi connectivity index (χ4v) is 6.44. The summed E-state index contributed by atoms with van der Waals surface area (Å²) in [5.41, 5.74) is 0.438. The van der Waals surface area contributed by atoms with Gasteiger partial charge in [-0.05, 0) is 56.7 Å². The summed E-state index contributed by atoms with van der Waals surface area (Å²) < 4.78 is 23.1. The van der Waals surface area contributed by atoms with Crippen molar-refractivity contribution in [2.24, 2.45) is 0 Å². The monoisotopic (exact) mass is 471 g/mol. The third-order valence-corrected chi connectivity index (χ3v) is 8.11. The molecule has 3 N–H and O–H groups in total. The summed E-state index contributed by atoms with van der Waals surface area (Å²) in [6.45, 7) is 6.52. The van der Waals surface area contributed by atoms with E-state index < -0.39 is 26.7 Å².